The molecule has 0 bridgehead atoms. The van der Waals surface area contributed by atoms with Crippen LogP contribution in [0.5, 0.6) is 0 Å². The Kier molecular flexibility index (Phi) is 5.99. The molecule has 2 heterocycles. The Morgan fingerprint density at radius 3 is 2.60 bits per heavy atom. The Morgan fingerprint density at radius 1 is 1.16 bits per heavy atom. The fraction of sp³-hybridized carbons (Fsp3) is 0.450. The van der Waals surface area contributed by atoms with Crippen LogP contribution in [0.4, 0.5) is 5.69 Å². The minimum absolute atomic E-state index is 0.0575. The number of anilines is 1. The van der Waals surface area contributed by atoms with Crippen molar-refractivity contribution >= 4 is 11.6 Å². The molecular weight excluding hydrogens is 312 g/mol. The van der Waals surface area contributed by atoms with Gasteiger partial charge < -0.3 is 10.2 Å². The van der Waals surface area contributed by atoms with E-state index in [0.29, 0.717) is 11.7 Å². The van der Waals surface area contributed by atoms with E-state index >= 15 is 0 Å². The van der Waals surface area contributed by atoms with E-state index in [9.17, 15) is 4.79 Å². The molecule has 0 saturated heterocycles. The molecule has 0 spiro atoms. The maximum Gasteiger partial charge on any atom is 0.270 e. The Labute approximate surface area is 149 Å². The standard InChI is InChI=1S/C20H26N4O/c1-24(14-11-16-9-12-21-13-10-16)18-7-8-19(22-15-18)20(25)23-17-5-3-2-4-6-17/h7-10,12-13,15,17H,2-6,11,14H2,1H3,(H,23,25). The van der Waals surface area contributed by atoms with Crippen molar-refractivity contribution in [2.45, 2.75) is 44.6 Å². The van der Waals surface area contributed by atoms with Crippen LogP contribution in [0.25, 0.3) is 0 Å². The van der Waals surface area contributed by atoms with Gasteiger partial charge in [0.25, 0.3) is 5.91 Å². The smallest absolute Gasteiger partial charge is 0.270 e. The van der Waals surface area contributed by atoms with E-state index < -0.39 is 0 Å². The minimum atomic E-state index is -0.0575. The lowest BCUT2D eigenvalue weighted by molar-refractivity contribution is 0.0922. The maximum absolute atomic E-state index is 12.3. The van der Waals surface area contributed by atoms with Gasteiger partial charge in [-0.05, 0) is 49.1 Å². The molecule has 1 fully saturated rings. The first-order valence-corrected chi connectivity index (χ1v) is 9.09. The van der Waals surface area contributed by atoms with Gasteiger partial charge in [-0.1, -0.05) is 19.3 Å². The molecule has 3 rings (SSSR count). The van der Waals surface area contributed by atoms with Gasteiger partial charge in [-0.15, -0.1) is 0 Å². The molecule has 0 radical (unpaired) electrons. The maximum atomic E-state index is 12.3. The van der Waals surface area contributed by atoms with Gasteiger partial charge in [-0.3, -0.25) is 9.78 Å². The zero-order valence-corrected chi connectivity index (χ0v) is 14.8. The summed E-state index contributed by atoms with van der Waals surface area (Å²) in [6, 6.07) is 8.16. The van der Waals surface area contributed by atoms with Crippen LogP contribution in [0.1, 0.15) is 48.2 Å². The predicted molar refractivity (Wildman–Crippen MR) is 99.8 cm³/mol. The van der Waals surface area contributed by atoms with Gasteiger partial charge in [-0.2, -0.15) is 0 Å². The molecule has 0 aromatic carbocycles. The summed E-state index contributed by atoms with van der Waals surface area (Å²) in [6.45, 7) is 0.888. The second-order valence-corrected chi connectivity index (χ2v) is 6.74. The molecule has 1 amide bonds. The Hall–Kier alpha value is -2.43. The van der Waals surface area contributed by atoms with Crippen LogP contribution in [0.2, 0.25) is 0 Å². The number of hydrogen-bond acceptors (Lipinski definition) is 4. The molecule has 0 atom stereocenters. The Morgan fingerprint density at radius 2 is 1.92 bits per heavy atom. The van der Waals surface area contributed by atoms with Gasteiger partial charge in [0.15, 0.2) is 0 Å². The Bertz CT molecular complexity index is 666. The summed E-state index contributed by atoms with van der Waals surface area (Å²) in [7, 11) is 2.04. The van der Waals surface area contributed by atoms with E-state index in [1.54, 1.807) is 6.20 Å². The number of carbonyl (C=O) groups excluding carboxylic acids is 1. The van der Waals surface area contributed by atoms with Gasteiger partial charge in [0, 0.05) is 32.0 Å². The van der Waals surface area contributed by atoms with Gasteiger partial charge >= 0.3 is 0 Å². The largest absolute Gasteiger partial charge is 0.373 e. The summed E-state index contributed by atoms with van der Waals surface area (Å²) in [5.74, 6) is -0.0575. The monoisotopic (exact) mass is 338 g/mol. The number of aromatic nitrogens is 2. The molecular formula is C20H26N4O. The first-order valence-electron chi connectivity index (χ1n) is 9.09. The lowest BCUT2D eigenvalue weighted by Crippen LogP contribution is -2.36. The van der Waals surface area contributed by atoms with Crippen molar-refractivity contribution in [1.82, 2.24) is 15.3 Å². The molecule has 132 valence electrons. The normalized spacial score (nSPS) is 14.9. The lowest BCUT2D eigenvalue weighted by Gasteiger charge is -2.23. The van der Waals surface area contributed by atoms with Crippen LogP contribution < -0.4 is 10.2 Å². The summed E-state index contributed by atoms with van der Waals surface area (Å²) < 4.78 is 0. The number of amides is 1. The predicted octanol–water partition coefficient (Wildman–Crippen LogP) is 3.22. The number of nitrogens with zero attached hydrogens (tertiary/aromatic N) is 3. The number of pyridine rings is 2. The highest BCUT2D eigenvalue weighted by Crippen LogP contribution is 2.18. The molecule has 1 aliphatic rings. The fourth-order valence-electron chi connectivity index (χ4n) is 3.23. The third-order valence-corrected chi connectivity index (χ3v) is 4.85. The first-order chi connectivity index (χ1) is 12.2. The molecule has 25 heavy (non-hydrogen) atoms. The molecule has 1 saturated carbocycles. The van der Waals surface area contributed by atoms with Crippen molar-refractivity contribution in [3.05, 3.63) is 54.1 Å². The highest BCUT2D eigenvalue weighted by atomic mass is 16.1. The van der Waals surface area contributed by atoms with Crippen LogP contribution in [-0.2, 0) is 6.42 Å². The van der Waals surface area contributed by atoms with Crippen LogP contribution in [0.3, 0.4) is 0 Å². The van der Waals surface area contributed by atoms with Gasteiger partial charge in [-0.25, -0.2) is 4.98 Å². The topological polar surface area (TPSA) is 58.1 Å². The van der Waals surface area contributed by atoms with Crippen molar-refractivity contribution in [2.75, 3.05) is 18.5 Å². The third kappa shape index (κ3) is 5.02. The second-order valence-electron chi connectivity index (χ2n) is 6.74. The van der Waals surface area contributed by atoms with Crippen LogP contribution >= 0.6 is 0 Å². The lowest BCUT2D eigenvalue weighted by atomic mass is 9.95. The summed E-state index contributed by atoms with van der Waals surface area (Å²) >= 11 is 0. The molecule has 0 unspecified atom stereocenters. The molecule has 1 N–H and O–H groups in total. The van der Waals surface area contributed by atoms with Gasteiger partial charge in [0.05, 0.1) is 11.9 Å². The summed E-state index contributed by atoms with van der Waals surface area (Å²) in [5.41, 5.74) is 2.78. The molecule has 5 nitrogen and oxygen atoms in total. The van der Waals surface area contributed by atoms with E-state index in [-0.39, 0.29) is 5.91 Å². The number of carbonyl (C=O) groups is 1. The van der Waals surface area contributed by atoms with Crippen molar-refractivity contribution in [2.24, 2.45) is 0 Å². The number of hydrogen-bond donors (Lipinski definition) is 1. The summed E-state index contributed by atoms with van der Waals surface area (Å²) in [6.07, 6.45) is 12.2. The molecule has 2 aromatic heterocycles. The first kappa shape index (κ1) is 17.4. The van der Waals surface area contributed by atoms with Gasteiger partial charge in [0.2, 0.25) is 0 Å². The zero-order chi connectivity index (χ0) is 17.5. The third-order valence-electron chi connectivity index (χ3n) is 4.85. The SMILES string of the molecule is CN(CCc1ccncc1)c1ccc(C(=O)NC2CCCCC2)nc1. The van der Waals surface area contributed by atoms with Crippen LogP contribution in [0.15, 0.2) is 42.9 Å². The average Bonchev–Trinajstić information content (AvgIpc) is 2.68. The van der Waals surface area contributed by atoms with Crippen LogP contribution in [0, 0.1) is 0 Å². The van der Waals surface area contributed by atoms with Crippen molar-refractivity contribution in [1.29, 1.82) is 0 Å². The molecule has 5 heteroatoms. The molecule has 1 aliphatic carbocycles. The van der Waals surface area contributed by atoms with Crippen LogP contribution in [-0.4, -0.2) is 35.5 Å². The van der Waals surface area contributed by atoms with Crippen molar-refractivity contribution in [3.8, 4) is 0 Å². The minimum Gasteiger partial charge on any atom is -0.373 e. The van der Waals surface area contributed by atoms with E-state index in [1.165, 1.54) is 24.8 Å². The van der Waals surface area contributed by atoms with E-state index in [1.807, 2.05) is 43.7 Å². The fourth-order valence-corrected chi connectivity index (χ4v) is 3.23. The van der Waals surface area contributed by atoms with E-state index in [2.05, 4.69) is 20.2 Å². The quantitative estimate of drug-likeness (QED) is 0.878. The van der Waals surface area contributed by atoms with E-state index in [4.69, 9.17) is 0 Å². The second kappa shape index (κ2) is 8.60. The highest BCUT2D eigenvalue weighted by Gasteiger charge is 2.17. The van der Waals surface area contributed by atoms with Crippen molar-refractivity contribution in [3.63, 3.8) is 0 Å². The van der Waals surface area contributed by atoms with Crippen molar-refractivity contribution < 1.29 is 4.79 Å². The number of likely N-dealkylation sites (N-methyl/N-ethyl adjacent to an activating group) is 1. The number of rotatable bonds is 6. The highest BCUT2D eigenvalue weighted by molar-refractivity contribution is 5.92. The zero-order valence-electron chi connectivity index (χ0n) is 14.8. The molecule has 0 aliphatic heterocycles. The summed E-state index contributed by atoms with van der Waals surface area (Å²) in [4.78, 5) is 22.9. The number of nitrogens with one attached hydrogen (secondary N) is 1. The van der Waals surface area contributed by atoms with E-state index in [0.717, 1.165) is 31.5 Å². The summed E-state index contributed by atoms with van der Waals surface area (Å²) in [5, 5.41) is 3.11. The van der Waals surface area contributed by atoms with Gasteiger partial charge in [0.1, 0.15) is 5.69 Å². The average molecular weight is 338 g/mol. The molecule has 2 aromatic rings. The Balaban J connectivity index is 1.52.